The molecule has 2 aliphatic rings. The van der Waals surface area contributed by atoms with Crippen LogP contribution in [0.15, 0.2) is 41.9 Å². The summed E-state index contributed by atoms with van der Waals surface area (Å²) in [5.74, 6) is -2.45. The van der Waals surface area contributed by atoms with Gasteiger partial charge in [-0.05, 0) is 43.2 Å². The first kappa shape index (κ1) is 43.3. The van der Waals surface area contributed by atoms with Crippen LogP contribution in [0.4, 0.5) is 4.39 Å². The Morgan fingerprint density at radius 2 is 1.83 bits per heavy atom. The van der Waals surface area contributed by atoms with E-state index in [1.165, 1.54) is 18.4 Å². The summed E-state index contributed by atoms with van der Waals surface area (Å²) in [6, 6.07) is 7.82. The molecular formula is C40H61FN6O6S. The second kappa shape index (κ2) is 19.9. The van der Waals surface area contributed by atoms with E-state index < -0.39 is 41.8 Å². The Balaban J connectivity index is 1.47. The second-order valence-corrected chi connectivity index (χ2v) is 16.2. The van der Waals surface area contributed by atoms with Crippen molar-refractivity contribution >= 4 is 35.0 Å². The number of carbonyl (C=O) groups is 4. The van der Waals surface area contributed by atoms with Gasteiger partial charge in [-0.3, -0.25) is 19.2 Å². The smallest absolute Gasteiger partial charge is 0.259 e. The number of likely N-dealkylation sites (N-methyl/N-ethyl adjacent to an activating group) is 1. The van der Waals surface area contributed by atoms with Gasteiger partial charge in [-0.15, -0.1) is 11.3 Å². The Bertz CT molecular complexity index is 1510. The van der Waals surface area contributed by atoms with Crippen LogP contribution in [0.25, 0.3) is 0 Å². The molecule has 3 heterocycles. The molecule has 9 atom stereocenters. The Morgan fingerprint density at radius 1 is 1.11 bits per heavy atom. The second-order valence-electron chi connectivity index (χ2n) is 15.3. The highest BCUT2D eigenvalue weighted by molar-refractivity contribution is 7.09. The number of aromatic nitrogens is 1. The molecule has 300 valence electrons. The number of hydrogen-bond acceptors (Lipinski definition) is 9. The highest BCUT2D eigenvalue weighted by atomic mass is 32.1. The molecule has 2 unspecified atom stereocenters. The fraction of sp³-hybridized carbons (Fsp3) is 0.675. The maximum Gasteiger partial charge on any atom is 0.259 e. The number of likely N-dealkylation sites (tertiary alicyclic amines) is 1. The number of carbonyl (C=O) groups excluding carboxylic acids is 4. The number of hydrogen-bond donors (Lipinski definition) is 3. The molecule has 54 heavy (non-hydrogen) atoms. The molecule has 0 saturated carbocycles. The molecule has 2 aliphatic heterocycles. The lowest BCUT2D eigenvalue weighted by Crippen LogP contribution is -2.59. The molecule has 2 fully saturated rings. The van der Waals surface area contributed by atoms with Crippen molar-refractivity contribution < 1.29 is 33.0 Å². The predicted octanol–water partition coefficient (Wildman–Crippen LogP) is 4.31. The number of halogens is 1. The van der Waals surface area contributed by atoms with Crippen LogP contribution in [0.1, 0.15) is 83.3 Å². The SMILES string of the molecule is CCC(C)[C@@H](C(CC(=O)N1CCC[C@H]1[C@H](OC)[C@@H](C)C(=O)N[C@@H](Cc1ccccc1)c1nccs1)OC)N(C)C(=O)[C@@H](NC(=O)[C@@]1(F)CCNC1)C(C)C. The molecule has 0 aliphatic carbocycles. The van der Waals surface area contributed by atoms with Gasteiger partial charge in [0.15, 0.2) is 0 Å². The zero-order valence-electron chi connectivity index (χ0n) is 33.2. The summed E-state index contributed by atoms with van der Waals surface area (Å²) in [6.07, 6.45) is 3.26. The van der Waals surface area contributed by atoms with E-state index in [-0.39, 0.29) is 61.0 Å². The number of alkyl halides is 1. The van der Waals surface area contributed by atoms with Crippen LogP contribution >= 0.6 is 11.3 Å². The van der Waals surface area contributed by atoms with E-state index in [0.29, 0.717) is 32.4 Å². The van der Waals surface area contributed by atoms with Crippen LogP contribution in [0, 0.1) is 17.8 Å². The summed E-state index contributed by atoms with van der Waals surface area (Å²) in [4.78, 5) is 63.1. The normalized spacial score (nSPS) is 22.6. The molecular weight excluding hydrogens is 712 g/mol. The molecule has 1 aromatic heterocycles. The fourth-order valence-electron chi connectivity index (χ4n) is 7.92. The zero-order chi connectivity index (χ0) is 39.6. The lowest BCUT2D eigenvalue weighted by molar-refractivity contribution is -0.148. The van der Waals surface area contributed by atoms with Gasteiger partial charge in [0.2, 0.25) is 23.4 Å². The molecule has 14 heteroatoms. The zero-order valence-corrected chi connectivity index (χ0v) is 34.0. The molecule has 0 radical (unpaired) electrons. The van der Waals surface area contributed by atoms with Crippen molar-refractivity contribution in [3.8, 4) is 0 Å². The summed E-state index contributed by atoms with van der Waals surface area (Å²) >= 11 is 1.49. The number of ether oxygens (including phenoxy) is 2. The van der Waals surface area contributed by atoms with Crippen molar-refractivity contribution in [2.24, 2.45) is 17.8 Å². The first-order valence-corrected chi connectivity index (χ1v) is 20.2. The monoisotopic (exact) mass is 772 g/mol. The quantitative estimate of drug-likeness (QED) is 0.192. The minimum atomic E-state index is -2.07. The van der Waals surface area contributed by atoms with Crippen molar-refractivity contribution in [1.29, 1.82) is 0 Å². The van der Waals surface area contributed by atoms with E-state index >= 15 is 4.39 Å². The van der Waals surface area contributed by atoms with Crippen molar-refractivity contribution in [3.05, 3.63) is 52.5 Å². The standard InChI is InChI=1S/C40H61FN6O6S/c1-9-26(4)34(46(6)38(50)33(25(2)3)45-39(51)40(41)17-18-42-24-40)31(52-7)23-32(48)47-20-13-16-30(47)35(53-8)27(5)36(49)44-29(37-43-19-21-54-37)22-28-14-11-10-12-15-28/h10-12,14-15,19,21,25-27,29-31,33-35,42H,9,13,16-18,20,22-24H2,1-8H3,(H,44,49)(H,45,51)/t26?,27-,29+,30+,31?,33+,34+,35-,40-/m1/s1. The van der Waals surface area contributed by atoms with Gasteiger partial charge in [-0.2, -0.15) is 0 Å². The lowest BCUT2D eigenvalue weighted by atomic mass is 9.89. The van der Waals surface area contributed by atoms with E-state index in [9.17, 15) is 19.2 Å². The number of nitrogens with one attached hydrogen (secondary N) is 3. The van der Waals surface area contributed by atoms with E-state index in [2.05, 4.69) is 20.9 Å². The summed E-state index contributed by atoms with van der Waals surface area (Å²) in [5, 5.41) is 11.5. The third kappa shape index (κ3) is 10.4. The first-order chi connectivity index (χ1) is 25.8. The maximum atomic E-state index is 15.3. The third-order valence-corrected chi connectivity index (χ3v) is 12.2. The summed E-state index contributed by atoms with van der Waals surface area (Å²) in [7, 11) is 4.77. The van der Waals surface area contributed by atoms with Gasteiger partial charge in [0.1, 0.15) is 11.0 Å². The summed E-state index contributed by atoms with van der Waals surface area (Å²) < 4.78 is 27.3. The van der Waals surface area contributed by atoms with Gasteiger partial charge < -0.3 is 35.2 Å². The maximum absolute atomic E-state index is 15.3. The van der Waals surface area contributed by atoms with E-state index in [1.807, 2.05) is 70.3 Å². The molecule has 2 aromatic rings. The number of thiazole rings is 1. The Morgan fingerprint density at radius 3 is 2.41 bits per heavy atom. The molecule has 1 aromatic carbocycles. The number of rotatable bonds is 19. The molecule has 4 rings (SSSR count). The fourth-order valence-corrected chi connectivity index (χ4v) is 8.61. The number of methoxy groups -OCH3 is 2. The number of amides is 4. The summed E-state index contributed by atoms with van der Waals surface area (Å²) in [5.41, 5.74) is -0.990. The Labute approximate surface area is 324 Å². The van der Waals surface area contributed by atoms with Gasteiger partial charge in [0.25, 0.3) is 5.91 Å². The van der Waals surface area contributed by atoms with Crippen LogP contribution < -0.4 is 16.0 Å². The average Bonchev–Trinajstić information content (AvgIpc) is 3.97. The van der Waals surface area contributed by atoms with E-state index in [1.54, 1.807) is 30.2 Å². The van der Waals surface area contributed by atoms with Crippen LogP contribution in [-0.4, -0.2) is 115 Å². The molecule has 2 saturated heterocycles. The molecule has 0 bridgehead atoms. The van der Waals surface area contributed by atoms with Crippen LogP contribution in [0.2, 0.25) is 0 Å². The summed E-state index contributed by atoms with van der Waals surface area (Å²) in [6.45, 7) is 10.3. The van der Waals surface area contributed by atoms with Crippen LogP contribution in [-0.2, 0) is 35.1 Å². The van der Waals surface area contributed by atoms with Gasteiger partial charge in [0.05, 0.1) is 42.7 Å². The van der Waals surface area contributed by atoms with Crippen molar-refractivity contribution in [2.45, 2.75) is 115 Å². The lowest BCUT2D eigenvalue weighted by Gasteiger charge is -2.41. The van der Waals surface area contributed by atoms with Crippen molar-refractivity contribution in [1.82, 2.24) is 30.7 Å². The van der Waals surface area contributed by atoms with Gasteiger partial charge >= 0.3 is 0 Å². The Kier molecular flexibility index (Phi) is 16.0. The molecule has 3 N–H and O–H groups in total. The van der Waals surface area contributed by atoms with Crippen LogP contribution in [0.3, 0.4) is 0 Å². The molecule has 0 spiro atoms. The van der Waals surface area contributed by atoms with E-state index in [4.69, 9.17) is 9.47 Å². The number of nitrogens with zero attached hydrogens (tertiary/aromatic N) is 3. The predicted molar refractivity (Wildman–Crippen MR) is 207 cm³/mol. The topological polar surface area (TPSA) is 142 Å². The largest absolute Gasteiger partial charge is 0.379 e. The highest BCUT2D eigenvalue weighted by Crippen LogP contribution is 2.31. The molecule has 12 nitrogen and oxygen atoms in total. The van der Waals surface area contributed by atoms with Crippen LogP contribution in [0.5, 0.6) is 0 Å². The van der Waals surface area contributed by atoms with Gasteiger partial charge in [-0.1, -0.05) is 71.4 Å². The molecule has 4 amide bonds. The minimum absolute atomic E-state index is 0.00218. The first-order valence-electron chi connectivity index (χ1n) is 19.3. The van der Waals surface area contributed by atoms with Crippen molar-refractivity contribution in [2.75, 3.05) is 40.9 Å². The minimum Gasteiger partial charge on any atom is -0.379 e. The average molecular weight is 773 g/mol. The Hall–Kier alpha value is -3.46. The van der Waals surface area contributed by atoms with E-state index in [0.717, 1.165) is 17.0 Å². The van der Waals surface area contributed by atoms with Gasteiger partial charge in [0, 0.05) is 52.4 Å². The number of benzene rings is 1. The van der Waals surface area contributed by atoms with Gasteiger partial charge in [-0.25, -0.2) is 9.37 Å². The third-order valence-electron chi connectivity index (χ3n) is 11.3. The highest BCUT2D eigenvalue weighted by Gasteiger charge is 2.46. The van der Waals surface area contributed by atoms with Crippen molar-refractivity contribution in [3.63, 3.8) is 0 Å².